The second-order valence-electron chi connectivity index (χ2n) is 12.2. The van der Waals surface area contributed by atoms with E-state index in [-0.39, 0.29) is 23.1 Å². The molecule has 2 unspecified atom stereocenters. The molecule has 0 aliphatic carbocycles. The quantitative estimate of drug-likeness (QED) is 0.122. The molecule has 1 aliphatic rings. The molecule has 14 heteroatoms. The van der Waals surface area contributed by atoms with Gasteiger partial charge in [0.2, 0.25) is 12.3 Å². The van der Waals surface area contributed by atoms with Gasteiger partial charge in [0, 0.05) is 43.9 Å². The number of benzene rings is 2. The first-order valence-electron chi connectivity index (χ1n) is 15.8. The lowest BCUT2D eigenvalue weighted by Crippen LogP contribution is -2.46. The number of aryl methyl sites for hydroxylation is 1. The molecule has 0 N–H and O–H groups in total. The molecule has 268 valence electrons. The van der Waals surface area contributed by atoms with E-state index in [4.69, 9.17) is 4.74 Å². The van der Waals surface area contributed by atoms with E-state index >= 15 is 0 Å². The Balaban J connectivity index is 0.00000319. The highest BCUT2D eigenvalue weighted by molar-refractivity contribution is 7.17. The largest absolute Gasteiger partial charge is 0.416 e. The van der Waals surface area contributed by atoms with E-state index in [1.165, 1.54) is 64.3 Å². The monoisotopic (exact) mass is 712 g/mol. The highest BCUT2D eigenvalue weighted by atomic mass is 31.0. The van der Waals surface area contributed by atoms with Crippen LogP contribution >= 0.6 is 9.24 Å². The predicted octanol–water partition coefficient (Wildman–Crippen LogP) is 7.79. The molecule has 1 aromatic heterocycles. The minimum Gasteiger partial charge on any atom is -0.379 e. The summed E-state index contributed by atoms with van der Waals surface area (Å²) in [7, 11) is 2.61. The van der Waals surface area contributed by atoms with Crippen molar-refractivity contribution in [2.75, 3.05) is 49.7 Å². The van der Waals surface area contributed by atoms with Gasteiger partial charge in [-0.2, -0.15) is 22.0 Å². The van der Waals surface area contributed by atoms with Gasteiger partial charge in [-0.05, 0) is 80.8 Å². The molecule has 1 aliphatic heterocycles. The number of alkyl halides is 5. The maximum absolute atomic E-state index is 14.3. The van der Waals surface area contributed by atoms with Crippen molar-refractivity contribution in [3.63, 3.8) is 0 Å². The van der Waals surface area contributed by atoms with Crippen molar-refractivity contribution in [2.45, 2.75) is 64.8 Å². The predicted molar refractivity (Wildman–Crippen MR) is 182 cm³/mol. The lowest BCUT2D eigenvalue weighted by atomic mass is 9.81. The minimum absolute atomic E-state index is 0.156. The van der Waals surface area contributed by atoms with Crippen LogP contribution in [-0.2, 0) is 31.6 Å². The fraction of sp³-hybridized carbons (Fsp3) is 0.457. The van der Waals surface area contributed by atoms with Crippen molar-refractivity contribution in [3.8, 4) is 11.1 Å². The average Bonchev–Trinajstić information content (AvgIpc) is 3.05. The number of hydrogen-bond acceptors (Lipinski definition) is 5. The van der Waals surface area contributed by atoms with Crippen LogP contribution in [0.4, 0.5) is 37.8 Å². The number of ether oxygens (including phenoxy) is 1. The molecule has 0 radical (unpaired) electrons. The molecular formula is C35H43F6N4O3P. The minimum atomic E-state index is -4.94. The Morgan fingerprint density at radius 2 is 1.67 bits per heavy atom. The second-order valence-corrected chi connectivity index (χ2v) is 12.9. The number of anilines is 2. The third-order valence-electron chi connectivity index (χ3n) is 8.47. The third kappa shape index (κ3) is 9.38. The molecule has 49 heavy (non-hydrogen) atoms. The maximum atomic E-state index is 14.3. The van der Waals surface area contributed by atoms with Crippen LogP contribution in [0.2, 0.25) is 0 Å². The molecule has 4 rings (SSSR count). The van der Waals surface area contributed by atoms with Crippen LogP contribution in [0.25, 0.3) is 11.1 Å². The topological polar surface area (TPSA) is 66.0 Å². The number of hydrogen-bond donors (Lipinski definition) is 0. The van der Waals surface area contributed by atoms with Gasteiger partial charge in [-0.1, -0.05) is 29.2 Å². The molecule has 0 spiro atoms. The number of nitrogens with zero attached hydrogens (tertiary/aromatic N) is 4. The summed E-state index contributed by atoms with van der Waals surface area (Å²) in [6.07, 6.45) is -2.95. The highest BCUT2D eigenvalue weighted by Gasteiger charge is 2.40. The van der Waals surface area contributed by atoms with Crippen LogP contribution in [-0.4, -0.2) is 68.1 Å². The Morgan fingerprint density at radius 1 is 1.04 bits per heavy atom. The Hall–Kier alpha value is -3.54. The molecular weight excluding hydrogens is 669 g/mol. The summed E-state index contributed by atoms with van der Waals surface area (Å²) in [5, 5.41) is 0. The molecule has 0 bridgehead atoms. The lowest BCUT2D eigenvalue weighted by molar-refractivity contribution is -0.138. The summed E-state index contributed by atoms with van der Waals surface area (Å²) >= 11 is 0. The molecule has 2 aromatic carbocycles. The fourth-order valence-corrected chi connectivity index (χ4v) is 5.72. The first kappa shape index (κ1) is 39.9. The first-order chi connectivity index (χ1) is 22.8. The van der Waals surface area contributed by atoms with E-state index in [0.717, 1.165) is 6.07 Å². The van der Waals surface area contributed by atoms with Crippen molar-refractivity contribution in [2.24, 2.45) is 0 Å². The van der Waals surface area contributed by atoms with Crippen LogP contribution in [0.5, 0.6) is 0 Å². The van der Waals surface area contributed by atoms with Gasteiger partial charge in [0.1, 0.15) is 11.6 Å². The number of pyridine rings is 1. The van der Waals surface area contributed by atoms with Crippen molar-refractivity contribution >= 4 is 33.1 Å². The van der Waals surface area contributed by atoms with E-state index in [2.05, 4.69) is 9.88 Å². The molecule has 7 nitrogen and oxygen atoms in total. The zero-order valence-corrected chi connectivity index (χ0v) is 29.8. The Bertz CT molecular complexity index is 1600. The third-order valence-corrected chi connectivity index (χ3v) is 8.80. The lowest BCUT2D eigenvalue weighted by Gasteiger charge is -2.34. The maximum Gasteiger partial charge on any atom is 0.416 e. The van der Waals surface area contributed by atoms with Gasteiger partial charge in [-0.25, -0.2) is 9.37 Å². The van der Waals surface area contributed by atoms with E-state index in [1.54, 1.807) is 13.0 Å². The van der Waals surface area contributed by atoms with Crippen molar-refractivity contribution in [3.05, 3.63) is 76.7 Å². The molecule has 3 aromatic rings. The number of carbonyl (C=O) groups is 2. The molecule has 2 heterocycles. The number of likely N-dealkylation sites (N-methyl/N-ethyl adjacent to an activating group) is 1. The van der Waals surface area contributed by atoms with Crippen molar-refractivity contribution in [1.82, 2.24) is 9.88 Å². The standard InChI is InChI=1S/C33H37F6N4O3P.C2H6/c1-20-12-25(34)6-7-26(20)27-16-29(43(19-44)9-8-42-10-11-46-18-21(42)2)40-17-28(27)41(5)30(45)31(3,4)22-13-23(32(35,36)37)15-24(14-22)33(38,39)47;1-2/h6-7,12-17,19,21H,8-11,18,47H2,1-5H3;1-2H3. The van der Waals surface area contributed by atoms with Crippen molar-refractivity contribution < 1.29 is 40.7 Å². The average molecular weight is 713 g/mol. The van der Waals surface area contributed by atoms with Gasteiger partial charge in [0.05, 0.1) is 36.1 Å². The number of aromatic nitrogens is 1. The molecule has 1 saturated heterocycles. The summed E-state index contributed by atoms with van der Waals surface area (Å²) in [4.78, 5) is 35.5. The van der Waals surface area contributed by atoms with E-state index < -0.39 is 40.1 Å². The second kappa shape index (κ2) is 16.0. The van der Waals surface area contributed by atoms with Crippen LogP contribution < -0.4 is 9.80 Å². The summed E-state index contributed by atoms with van der Waals surface area (Å²) in [5.41, 5.74) is -6.28. The summed E-state index contributed by atoms with van der Waals surface area (Å²) in [6.45, 7) is 13.1. The normalized spacial score (nSPS) is 15.7. The first-order valence-corrected chi connectivity index (χ1v) is 16.4. The summed E-state index contributed by atoms with van der Waals surface area (Å²) in [6, 6.07) is 7.73. The smallest absolute Gasteiger partial charge is 0.379 e. The zero-order valence-electron chi connectivity index (χ0n) is 28.7. The van der Waals surface area contributed by atoms with Gasteiger partial charge in [-0.3, -0.25) is 19.4 Å². The van der Waals surface area contributed by atoms with Crippen molar-refractivity contribution in [1.29, 1.82) is 0 Å². The fourth-order valence-electron chi connectivity index (χ4n) is 5.55. The van der Waals surface area contributed by atoms with Gasteiger partial charge >= 0.3 is 6.18 Å². The molecule has 2 atom stereocenters. The number of halogens is 6. The Kier molecular flexibility index (Phi) is 13.0. The highest BCUT2D eigenvalue weighted by Crippen LogP contribution is 2.42. The number of rotatable bonds is 10. The Morgan fingerprint density at radius 3 is 2.24 bits per heavy atom. The van der Waals surface area contributed by atoms with Gasteiger partial charge < -0.3 is 9.64 Å². The van der Waals surface area contributed by atoms with E-state index in [0.29, 0.717) is 68.1 Å². The number of carbonyl (C=O) groups excluding carboxylic acids is 2. The van der Waals surface area contributed by atoms with Crippen LogP contribution in [0.3, 0.4) is 0 Å². The molecule has 2 amide bonds. The van der Waals surface area contributed by atoms with Gasteiger partial charge in [0.25, 0.3) is 5.66 Å². The molecule has 0 saturated carbocycles. The molecule has 1 fully saturated rings. The van der Waals surface area contributed by atoms with Gasteiger partial charge in [0.15, 0.2) is 0 Å². The van der Waals surface area contributed by atoms with E-state index in [1.807, 2.05) is 20.8 Å². The van der Waals surface area contributed by atoms with Crippen LogP contribution in [0, 0.1) is 12.7 Å². The van der Waals surface area contributed by atoms with E-state index in [9.17, 15) is 35.9 Å². The summed E-state index contributed by atoms with van der Waals surface area (Å²) in [5.74, 6) is -0.958. The zero-order chi connectivity index (χ0) is 36.9. The summed E-state index contributed by atoms with van der Waals surface area (Å²) < 4.78 is 89.4. The van der Waals surface area contributed by atoms with Crippen LogP contribution in [0.15, 0.2) is 48.7 Å². The SMILES string of the molecule is CC.Cc1cc(F)ccc1-c1cc(N(C=O)CCN2CCOCC2C)ncc1N(C)C(=O)C(C)(C)c1cc(C(F)(F)F)cc(C(F)(F)P)c1. The number of morpholine rings is 1. The van der Waals surface area contributed by atoms with Crippen LogP contribution in [0.1, 0.15) is 56.9 Å². The Labute approximate surface area is 285 Å². The van der Waals surface area contributed by atoms with Gasteiger partial charge in [-0.15, -0.1) is 0 Å². The number of amides is 2.